The van der Waals surface area contributed by atoms with Crippen molar-refractivity contribution >= 4 is 44.6 Å². The topological polar surface area (TPSA) is 58.6 Å². The van der Waals surface area contributed by atoms with E-state index in [1.807, 2.05) is 12.1 Å². The highest BCUT2D eigenvalue weighted by molar-refractivity contribution is 7.21. The Labute approximate surface area is 135 Å². The van der Waals surface area contributed by atoms with E-state index >= 15 is 0 Å². The molecule has 0 spiro atoms. The summed E-state index contributed by atoms with van der Waals surface area (Å²) in [7, 11) is 1.58. The highest BCUT2D eigenvalue weighted by Crippen LogP contribution is 2.37. The number of benzene rings is 2. The van der Waals surface area contributed by atoms with Crippen molar-refractivity contribution in [2.24, 2.45) is 0 Å². The van der Waals surface area contributed by atoms with Crippen LogP contribution in [0.15, 0.2) is 42.5 Å². The number of phenols is 1. The highest BCUT2D eigenvalue weighted by Gasteiger charge is 2.18. The molecular weight excluding hydrogens is 322 g/mol. The summed E-state index contributed by atoms with van der Waals surface area (Å²) in [5.41, 5.74) is 0.510. The van der Waals surface area contributed by atoms with Crippen LogP contribution in [0.2, 0.25) is 5.02 Å². The summed E-state index contributed by atoms with van der Waals surface area (Å²) < 4.78 is 6.08. The quantitative estimate of drug-likeness (QED) is 0.740. The molecule has 0 unspecified atom stereocenters. The fourth-order valence-electron chi connectivity index (χ4n) is 2.09. The number of amides is 1. The first-order valence-electron chi connectivity index (χ1n) is 6.45. The maximum Gasteiger partial charge on any atom is 0.267 e. The van der Waals surface area contributed by atoms with Gasteiger partial charge >= 0.3 is 0 Å². The van der Waals surface area contributed by atoms with Crippen LogP contribution in [0, 0.1) is 0 Å². The van der Waals surface area contributed by atoms with Crippen LogP contribution in [-0.4, -0.2) is 18.1 Å². The van der Waals surface area contributed by atoms with Crippen molar-refractivity contribution in [1.82, 2.24) is 0 Å². The number of phenolic OH excluding ortho intramolecular Hbond substituents is 1. The van der Waals surface area contributed by atoms with Crippen molar-refractivity contribution in [2.75, 3.05) is 12.4 Å². The lowest BCUT2D eigenvalue weighted by molar-refractivity contribution is 0.103. The van der Waals surface area contributed by atoms with Gasteiger partial charge in [0.25, 0.3) is 5.91 Å². The molecule has 2 N–H and O–H groups in total. The number of fused-ring (bicyclic) bond motifs is 1. The molecule has 0 fully saturated rings. The second-order valence-electron chi connectivity index (χ2n) is 4.61. The molecule has 3 aromatic rings. The van der Waals surface area contributed by atoms with Gasteiger partial charge in [0.05, 0.1) is 12.1 Å². The second-order valence-corrected chi connectivity index (χ2v) is 6.04. The van der Waals surface area contributed by atoms with E-state index in [2.05, 4.69) is 5.32 Å². The van der Waals surface area contributed by atoms with Gasteiger partial charge < -0.3 is 15.2 Å². The molecule has 4 nitrogen and oxygen atoms in total. The summed E-state index contributed by atoms with van der Waals surface area (Å²) in [6.07, 6.45) is 0. The number of carbonyl (C=O) groups is 1. The average Bonchev–Trinajstić information content (AvgIpc) is 2.84. The zero-order valence-corrected chi connectivity index (χ0v) is 13.2. The van der Waals surface area contributed by atoms with Crippen LogP contribution < -0.4 is 10.1 Å². The Balaban J connectivity index is 1.95. The number of anilines is 1. The van der Waals surface area contributed by atoms with Gasteiger partial charge in [0.15, 0.2) is 0 Å². The molecule has 0 aliphatic rings. The number of methoxy groups -OCH3 is 1. The second kappa shape index (κ2) is 5.87. The van der Waals surface area contributed by atoms with Gasteiger partial charge in [0, 0.05) is 21.8 Å². The molecule has 1 heterocycles. The molecule has 2 aromatic carbocycles. The minimum atomic E-state index is -0.309. The average molecular weight is 334 g/mol. The van der Waals surface area contributed by atoms with Crippen molar-refractivity contribution in [1.29, 1.82) is 0 Å². The van der Waals surface area contributed by atoms with Gasteiger partial charge in [-0.25, -0.2) is 0 Å². The van der Waals surface area contributed by atoms with Gasteiger partial charge in [-0.2, -0.15) is 0 Å². The molecule has 0 bridgehead atoms. The maximum atomic E-state index is 12.4. The molecule has 6 heteroatoms. The van der Waals surface area contributed by atoms with E-state index in [9.17, 15) is 9.90 Å². The van der Waals surface area contributed by atoms with Crippen LogP contribution in [0.5, 0.6) is 11.5 Å². The van der Waals surface area contributed by atoms with Crippen LogP contribution in [0.1, 0.15) is 9.67 Å². The summed E-state index contributed by atoms with van der Waals surface area (Å²) in [4.78, 5) is 12.8. The van der Waals surface area contributed by atoms with Crippen LogP contribution in [0.25, 0.3) is 10.1 Å². The number of halogens is 1. The van der Waals surface area contributed by atoms with Gasteiger partial charge in [-0.15, -0.1) is 11.3 Å². The fourth-order valence-corrected chi connectivity index (χ4v) is 3.48. The molecule has 0 saturated heterocycles. The van der Waals surface area contributed by atoms with Crippen molar-refractivity contribution in [3.05, 3.63) is 52.4 Å². The molecule has 1 aromatic heterocycles. The normalized spacial score (nSPS) is 10.6. The van der Waals surface area contributed by atoms with Crippen molar-refractivity contribution in [3.8, 4) is 11.5 Å². The van der Waals surface area contributed by atoms with E-state index in [1.165, 1.54) is 23.5 Å². The van der Waals surface area contributed by atoms with Crippen LogP contribution in [0.4, 0.5) is 5.69 Å². The maximum absolute atomic E-state index is 12.4. The molecule has 0 aliphatic heterocycles. The molecule has 22 heavy (non-hydrogen) atoms. The molecule has 0 radical (unpaired) electrons. The summed E-state index contributed by atoms with van der Waals surface area (Å²) in [6, 6.07) is 11.9. The number of ether oxygens (including phenoxy) is 1. The zero-order valence-electron chi connectivity index (χ0n) is 11.6. The van der Waals surface area contributed by atoms with Crippen molar-refractivity contribution in [3.63, 3.8) is 0 Å². The van der Waals surface area contributed by atoms with Gasteiger partial charge in [-0.1, -0.05) is 17.7 Å². The first-order chi connectivity index (χ1) is 10.6. The molecular formula is C16H12ClNO3S. The largest absolute Gasteiger partial charge is 0.508 e. The lowest BCUT2D eigenvalue weighted by Gasteiger charge is -2.04. The van der Waals surface area contributed by atoms with Gasteiger partial charge in [-0.05, 0) is 30.3 Å². The third-order valence-electron chi connectivity index (χ3n) is 3.14. The van der Waals surface area contributed by atoms with E-state index in [4.69, 9.17) is 16.3 Å². The Kier molecular flexibility index (Phi) is 3.92. The van der Waals surface area contributed by atoms with Gasteiger partial charge in [-0.3, -0.25) is 4.79 Å². The monoisotopic (exact) mass is 333 g/mol. The first kappa shape index (κ1) is 14.7. The van der Waals surface area contributed by atoms with Gasteiger partial charge in [0.1, 0.15) is 16.4 Å². The number of carbonyl (C=O) groups excluding carboxylic acids is 1. The number of thiophene rings is 1. The third-order valence-corrected chi connectivity index (χ3v) is 4.82. The van der Waals surface area contributed by atoms with Crippen LogP contribution in [0.3, 0.4) is 0 Å². The Morgan fingerprint density at radius 1 is 1.27 bits per heavy atom. The minimum absolute atomic E-state index is 0.0879. The Morgan fingerprint density at radius 2 is 2.09 bits per heavy atom. The molecule has 0 saturated carbocycles. The molecule has 1 amide bonds. The predicted octanol–water partition coefficient (Wildman–Crippen LogP) is 4.52. The van der Waals surface area contributed by atoms with E-state index in [0.717, 1.165) is 10.1 Å². The lowest BCUT2D eigenvalue weighted by atomic mass is 10.2. The minimum Gasteiger partial charge on any atom is -0.508 e. The van der Waals surface area contributed by atoms with E-state index in [1.54, 1.807) is 25.3 Å². The highest BCUT2D eigenvalue weighted by atomic mass is 35.5. The molecule has 0 aliphatic carbocycles. The lowest BCUT2D eigenvalue weighted by Crippen LogP contribution is -2.10. The third kappa shape index (κ3) is 2.73. The number of rotatable bonds is 3. The summed E-state index contributed by atoms with van der Waals surface area (Å²) >= 11 is 7.64. The number of hydrogen-bond donors (Lipinski definition) is 2. The van der Waals surface area contributed by atoms with E-state index in [0.29, 0.717) is 21.3 Å². The van der Waals surface area contributed by atoms with Crippen LogP contribution >= 0.6 is 22.9 Å². The fraction of sp³-hybridized carbons (Fsp3) is 0.0625. The van der Waals surface area contributed by atoms with E-state index in [-0.39, 0.29) is 11.7 Å². The number of nitrogens with one attached hydrogen (secondary N) is 1. The SMILES string of the molecule is COc1ccc2sc(C(=O)Nc3cccc(O)c3)c(Cl)c2c1. The van der Waals surface area contributed by atoms with E-state index < -0.39 is 0 Å². The summed E-state index contributed by atoms with van der Waals surface area (Å²) in [6.45, 7) is 0. The molecule has 3 rings (SSSR count). The van der Waals surface area contributed by atoms with Crippen molar-refractivity contribution in [2.45, 2.75) is 0 Å². The Hall–Kier alpha value is -2.24. The summed E-state index contributed by atoms with van der Waals surface area (Å²) in [5, 5.41) is 13.3. The standard InChI is InChI=1S/C16H12ClNO3S/c1-21-11-5-6-13-12(8-11)14(17)15(22-13)16(20)18-9-3-2-4-10(19)7-9/h2-8,19H,1H3,(H,18,20). The Bertz CT molecular complexity index is 860. The smallest absolute Gasteiger partial charge is 0.267 e. The number of aromatic hydroxyl groups is 1. The van der Waals surface area contributed by atoms with Crippen LogP contribution in [-0.2, 0) is 0 Å². The number of hydrogen-bond acceptors (Lipinski definition) is 4. The van der Waals surface area contributed by atoms with Gasteiger partial charge in [0.2, 0.25) is 0 Å². The predicted molar refractivity (Wildman–Crippen MR) is 89.4 cm³/mol. The zero-order chi connectivity index (χ0) is 15.7. The molecule has 112 valence electrons. The Morgan fingerprint density at radius 3 is 2.82 bits per heavy atom. The van der Waals surface area contributed by atoms with Crippen molar-refractivity contribution < 1.29 is 14.6 Å². The first-order valence-corrected chi connectivity index (χ1v) is 7.64. The summed E-state index contributed by atoms with van der Waals surface area (Å²) in [5.74, 6) is 0.466. The molecule has 0 atom stereocenters.